The summed E-state index contributed by atoms with van der Waals surface area (Å²) in [6.45, 7) is 5.17. The molecule has 0 aliphatic heterocycles. The van der Waals surface area contributed by atoms with E-state index in [4.69, 9.17) is 16.3 Å². The second-order valence-corrected chi connectivity index (χ2v) is 7.72. The van der Waals surface area contributed by atoms with E-state index in [-0.39, 0.29) is 11.4 Å². The SMILES string of the molecule is CC=N/C(=C\C)C(=O)NS(=O)(=O)c1cc(OC)ccc1O.Cc1cccc(Cl)c1. The van der Waals surface area contributed by atoms with E-state index in [2.05, 4.69) is 4.99 Å². The molecule has 0 heterocycles. The molecule has 0 aliphatic carbocycles. The smallest absolute Gasteiger partial charge is 0.283 e. The van der Waals surface area contributed by atoms with E-state index in [1.54, 1.807) is 13.8 Å². The molecule has 0 atom stereocenters. The predicted molar refractivity (Wildman–Crippen MR) is 114 cm³/mol. The highest BCUT2D eigenvalue weighted by atomic mass is 35.5. The normalized spacial score (nSPS) is 11.6. The van der Waals surface area contributed by atoms with Crippen molar-refractivity contribution in [3.63, 3.8) is 0 Å². The summed E-state index contributed by atoms with van der Waals surface area (Å²) in [7, 11) is -2.88. The van der Waals surface area contributed by atoms with E-state index >= 15 is 0 Å². The predicted octanol–water partition coefficient (Wildman–Crippen LogP) is 3.85. The number of phenols is 1. The number of amides is 1. The Bertz CT molecular complexity index is 1000. The summed E-state index contributed by atoms with van der Waals surface area (Å²) in [5.41, 5.74) is 1.15. The minimum Gasteiger partial charge on any atom is -0.507 e. The standard InChI is InChI=1S/C13H16N2O5S.C7H7Cl/c1-4-10(14-5-2)13(17)15-21(18,19)12-8-9(20-3)6-7-11(12)16;1-6-3-2-4-7(8)5-6/h4-8,16H,1-3H3,(H,15,17);2-5H,1H3/b10-4-,14-5?;. The number of methoxy groups -OCH3 is 1. The monoisotopic (exact) mass is 438 g/mol. The van der Waals surface area contributed by atoms with E-state index in [1.165, 1.54) is 37.1 Å². The molecule has 0 aromatic heterocycles. The number of nitrogens with one attached hydrogen (secondary N) is 1. The number of rotatable bonds is 5. The Kier molecular flexibility index (Phi) is 9.37. The number of hydrogen-bond acceptors (Lipinski definition) is 6. The van der Waals surface area contributed by atoms with Gasteiger partial charge in [0.05, 0.1) is 7.11 Å². The van der Waals surface area contributed by atoms with Gasteiger partial charge >= 0.3 is 0 Å². The Balaban J connectivity index is 0.000000436. The van der Waals surface area contributed by atoms with Crippen LogP contribution in [0.2, 0.25) is 5.02 Å². The highest BCUT2D eigenvalue weighted by molar-refractivity contribution is 7.90. The number of carbonyl (C=O) groups is 1. The highest BCUT2D eigenvalue weighted by Gasteiger charge is 2.23. The Hall–Kier alpha value is -2.84. The molecular weight excluding hydrogens is 416 g/mol. The first kappa shape index (κ1) is 24.2. The van der Waals surface area contributed by atoms with Crippen LogP contribution in [-0.2, 0) is 14.8 Å². The summed E-state index contributed by atoms with van der Waals surface area (Å²) in [5.74, 6) is -1.14. The molecule has 2 aromatic rings. The maximum atomic E-state index is 12.1. The summed E-state index contributed by atoms with van der Waals surface area (Å²) in [6.07, 6.45) is 2.74. The summed E-state index contributed by atoms with van der Waals surface area (Å²) < 4.78 is 31.0. The van der Waals surface area contributed by atoms with Gasteiger partial charge in [0.25, 0.3) is 15.9 Å². The van der Waals surface area contributed by atoms with Crippen molar-refractivity contribution in [3.05, 3.63) is 64.8 Å². The molecule has 0 saturated heterocycles. The lowest BCUT2D eigenvalue weighted by Gasteiger charge is -2.10. The molecule has 2 N–H and O–H groups in total. The molecule has 156 valence electrons. The molecule has 0 saturated carbocycles. The second-order valence-electron chi connectivity index (χ2n) is 5.63. The van der Waals surface area contributed by atoms with Crippen LogP contribution in [-0.4, -0.2) is 32.8 Å². The molecule has 0 bridgehead atoms. The highest BCUT2D eigenvalue weighted by Crippen LogP contribution is 2.27. The fourth-order valence-electron chi connectivity index (χ4n) is 2.07. The van der Waals surface area contributed by atoms with Gasteiger partial charge < -0.3 is 9.84 Å². The van der Waals surface area contributed by atoms with Crippen molar-refractivity contribution < 1.29 is 23.1 Å². The van der Waals surface area contributed by atoms with Gasteiger partial charge in [-0.3, -0.25) is 9.79 Å². The van der Waals surface area contributed by atoms with Crippen molar-refractivity contribution in [1.29, 1.82) is 0 Å². The van der Waals surface area contributed by atoms with Gasteiger partial charge in [-0.15, -0.1) is 0 Å². The third kappa shape index (κ3) is 7.59. The molecule has 7 nitrogen and oxygen atoms in total. The molecule has 9 heteroatoms. The molecule has 2 aromatic carbocycles. The van der Waals surface area contributed by atoms with Crippen molar-refractivity contribution in [1.82, 2.24) is 4.72 Å². The van der Waals surface area contributed by atoms with Crippen molar-refractivity contribution in [2.75, 3.05) is 7.11 Å². The lowest BCUT2D eigenvalue weighted by atomic mass is 10.2. The molecule has 0 unspecified atom stereocenters. The minimum absolute atomic E-state index is 0.0524. The van der Waals surface area contributed by atoms with Gasteiger partial charge in [0, 0.05) is 17.3 Å². The van der Waals surface area contributed by atoms with Crippen LogP contribution in [0.15, 0.2) is 64.1 Å². The molecule has 2 rings (SSSR count). The summed E-state index contributed by atoms with van der Waals surface area (Å²) in [4.78, 5) is 15.1. The number of hydrogen-bond donors (Lipinski definition) is 2. The molecule has 29 heavy (non-hydrogen) atoms. The lowest BCUT2D eigenvalue weighted by molar-refractivity contribution is -0.115. The number of sulfonamides is 1. The number of carbonyl (C=O) groups excluding carboxylic acids is 1. The number of aromatic hydroxyl groups is 1. The van der Waals surface area contributed by atoms with Crippen LogP contribution in [0.1, 0.15) is 19.4 Å². The van der Waals surface area contributed by atoms with Crippen LogP contribution in [0, 0.1) is 6.92 Å². The van der Waals surface area contributed by atoms with Gasteiger partial charge in [0.15, 0.2) is 0 Å². The summed E-state index contributed by atoms with van der Waals surface area (Å²) in [6, 6.07) is 11.4. The average molecular weight is 439 g/mol. The van der Waals surface area contributed by atoms with Gasteiger partial charge in [-0.1, -0.05) is 29.8 Å². The Morgan fingerprint density at radius 3 is 2.38 bits per heavy atom. The first-order valence-electron chi connectivity index (χ1n) is 8.46. The molecular formula is C20H23ClN2O5S. The third-order valence-corrected chi connectivity index (χ3v) is 5.03. The first-order chi connectivity index (χ1) is 13.6. The number of nitrogens with zero attached hydrogens (tertiary/aromatic N) is 1. The number of aliphatic imine (C=N–C) groups is 1. The molecule has 1 amide bonds. The van der Waals surface area contributed by atoms with Crippen molar-refractivity contribution in [2.24, 2.45) is 4.99 Å². The minimum atomic E-state index is -4.24. The second kappa shape index (κ2) is 11.2. The number of halogens is 1. The maximum absolute atomic E-state index is 12.1. The molecule has 0 spiro atoms. The van der Waals surface area contributed by atoms with Gasteiger partial charge in [-0.2, -0.15) is 0 Å². The Labute approximate surface area is 175 Å². The number of ether oxygens (including phenoxy) is 1. The fourth-order valence-corrected chi connectivity index (χ4v) is 3.39. The van der Waals surface area contributed by atoms with Gasteiger partial charge in [0.2, 0.25) is 0 Å². The molecule has 0 aliphatic rings. The van der Waals surface area contributed by atoms with Gasteiger partial charge in [-0.25, -0.2) is 13.1 Å². The number of phenolic OH excluding ortho intramolecular Hbond substituents is 1. The van der Waals surface area contributed by atoms with E-state index in [0.717, 1.165) is 11.1 Å². The van der Waals surface area contributed by atoms with Crippen molar-refractivity contribution in [2.45, 2.75) is 25.7 Å². The summed E-state index contributed by atoms with van der Waals surface area (Å²) >= 11 is 5.64. The fraction of sp³-hybridized carbons (Fsp3) is 0.200. The van der Waals surface area contributed by atoms with E-state index in [1.807, 2.05) is 35.9 Å². The zero-order valence-corrected chi connectivity index (χ0v) is 18.1. The molecule has 0 radical (unpaired) electrons. The molecule has 0 fully saturated rings. The van der Waals surface area contributed by atoms with E-state index in [9.17, 15) is 18.3 Å². The number of aryl methyl sites for hydroxylation is 1. The van der Waals surface area contributed by atoms with Crippen LogP contribution in [0.4, 0.5) is 0 Å². The lowest BCUT2D eigenvalue weighted by Crippen LogP contribution is -2.31. The van der Waals surface area contributed by atoms with Crippen molar-refractivity contribution >= 4 is 33.7 Å². The van der Waals surface area contributed by atoms with Gasteiger partial charge in [-0.05, 0) is 50.6 Å². The zero-order chi connectivity index (χ0) is 22.0. The quantitative estimate of drug-likeness (QED) is 0.545. The largest absolute Gasteiger partial charge is 0.507 e. The van der Waals surface area contributed by atoms with Crippen molar-refractivity contribution in [3.8, 4) is 11.5 Å². The Morgan fingerprint density at radius 1 is 1.21 bits per heavy atom. The number of benzene rings is 2. The van der Waals surface area contributed by atoms with Gasteiger partial charge in [0.1, 0.15) is 22.1 Å². The maximum Gasteiger partial charge on any atom is 0.283 e. The van der Waals surface area contributed by atoms with E-state index < -0.39 is 26.6 Å². The number of allylic oxidation sites excluding steroid dienone is 1. The topological polar surface area (TPSA) is 105 Å². The van der Waals surface area contributed by atoms with Crippen LogP contribution < -0.4 is 9.46 Å². The first-order valence-corrected chi connectivity index (χ1v) is 10.3. The third-order valence-electron chi connectivity index (χ3n) is 3.44. The van der Waals surface area contributed by atoms with Crippen LogP contribution in [0.3, 0.4) is 0 Å². The zero-order valence-electron chi connectivity index (χ0n) is 16.5. The van der Waals surface area contributed by atoms with E-state index in [0.29, 0.717) is 0 Å². The van der Waals surface area contributed by atoms with Crippen LogP contribution in [0.25, 0.3) is 0 Å². The summed E-state index contributed by atoms with van der Waals surface area (Å²) in [5, 5.41) is 10.5. The average Bonchev–Trinajstić information content (AvgIpc) is 2.66. The van der Waals surface area contributed by atoms with Crippen LogP contribution >= 0.6 is 11.6 Å². The Morgan fingerprint density at radius 2 is 1.90 bits per heavy atom. The van der Waals surface area contributed by atoms with Crippen LogP contribution in [0.5, 0.6) is 11.5 Å².